The van der Waals surface area contributed by atoms with Crippen LogP contribution >= 0.6 is 0 Å². The molecule has 1 aliphatic rings. The van der Waals surface area contributed by atoms with Crippen molar-refractivity contribution in [3.63, 3.8) is 0 Å². The highest BCUT2D eigenvalue weighted by molar-refractivity contribution is 5.95. The molecule has 1 unspecified atom stereocenters. The second-order valence-corrected chi connectivity index (χ2v) is 6.53. The molecule has 1 amide bonds. The molecule has 1 saturated heterocycles. The fourth-order valence-corrected chi connectivity index (χ4v) is 3.49. The summed E-state index contributed by atoms with van der Waals surface area (Å²) in [6, 6.07) is 11.7. The van der Waals surface area contributed by atoms with Crippen LogP contribution < -0.4 is 0 Å². The molecule has 3 heterocycles. The SMILES string of the molecule is CCn1cnnc1CC1CCN(C(=O)c2ccc3ccccc3n2)C1. The van der Waals surface area contributed by atoms with Crippen molar-refractivity contribution in [1.82, 2.24) is 24.6 Å². The van der Waals surface area contributed by atoms with Crippen LogP contribution in [0.25, 0.3) is 10.9 Å². The van der Waals surface area contributed by atoms with Crippen molar-refractivity contribution in [2.45, 2.75) is 26.3 Å². The summed E-state index contributed by atoms with van der Waals surface area (Å²) < 4.78 is 2.06. The molecule has 0 spiro atoms. The van der Waals surface area contributed by atoms with Crippen LogP contribution in [0.15, 0.2) is 42.7 Å². The van der Waals surface area contributed by atoms with Gasteiger partial charge in [0.1, 0.15) is 17.8 Å². The summed E-state index contributed by atoms with van der Waals surface area (Å²) in [5.41, 5.74) is 1.39. The molecular formula is C19H21N5O. The van der Waals surface area contributed by atoms with E-state index in [0.717, 1.165) is 49.2 Å². The number of aromatic nitrogens is 4. The van der Waals surface area contributed by atoms with Crippen LogP contribution in [-0.4, -0.2) is 43.6 Å². The Morgan fingerprint density at radius 2 is 2.12 bits per heavy atom. The molecular weight excluding hydrogens is 314 g/mol. The van der Waals surface area contributed by atoms with Crippen molar-refractivity contribution in [3.05, 3.63) is 54.2 Å². The molecule has 1 aromatic carbocycles. The smallest absolute Gasteiger partial charge is 0.272 e. The molecule has 0 radical (unpaired) electrons. The van der Waals surface area contributed by atoms with Gasteiger partial charge in [0.15, 0.2) is 0 Å². The Morgan fingerprint density at radius 1 is 1.24 bits per heavy atom. The van der Waals surface area contributed by atoms with E-state index in [2.05, 4.69) is 26.7 Å². The highest BCUT2D eigenvalue weighted by atomic mass is 16.2. The molecule has 3 aromatic rings. The monoisotopic (exact) mass is 335 g/mol. The molecule has 25 heavy (non-hydrogen) atoms. The molecule has 0 bridgehead atoms. The number of para-hydroxylation sites is 1. The summed E-state index contributed by atoms with van der Waals surface area (Å²) in [6.07, 6.45) is 3.63. The summed E-state index contributed by atoms with van der Waals surface area (Å²) in [5, 5.41) is 9.25. The van der Waals surface area contributed by atoms with E-state index in [1.165, 1.54) is 0 Å². The van der Waals surface area contributed by atoms with Gasteiger partial charge in [-0.3, -0.25) is 4.79 Å². The van der Waals surface area contributed by atoms with Gasteiger partial charge in [0.25, 0.3) is 5.91 Å². The second kappa shape index (κ2) is 6.63. The topological polar surface area (TPSA) is 63.9 Å². The fourth-order valence-electron chi connectivity index (χ4n) is 3.49. The van der Waals surface area contributed by atoms with Gasteiger partial charge in [0.05, 0.1) is 5.52 Å². The minimum atomic E-state index is 0.0187. The lowest BCUT2D eigenvalue weighted by Gasteiger charge is -2.16. The third-order valence-electron chi connectivity index (χ3n) is 4.90. The first kappa shape index (κ1) is 15.7. The predicted octanol–water partition coefficient (Wildman–Crippen LogP) is 2.55. The maximum absolute atomic E-state index is 12.8. The Hall–Kier alpha value is -2.76. The van der Waals surface area contributed by atoms with Crippen LogP contribution in [-0.2, 0) is 13.0 Å². The van der Waals surface area contributed by atoms with Crippen LogP contribution in [0.3, 0.4) is 0 Å². The van der Waals surface area contributed by atoms with Gasteiger partial charge in [-0.15, -0.1) is 10.2 Å². The van der Waals surface area contributed by atoms with Crippen LogP contribution in [0.5, 0.6) is 0 Å². The number of fused-ring (bicyclic) bond motifs is 1. The number of rotatable bonds is 4. The van der Waals surface area contributed by atoms with Crippen LogP contribution in [0.2, 0.25) is 0 Å². The van der Waals surface area contributed by atoms with Crippen molar-refractivity contribution in [1.29, 1.82) is 0 Å². The summed E-state index contributed by atoms with van der Waals surface area (Å²) in [6.45, 7) is 4.49. The van der Waals surface area contributed by atoms with Crippen molar-refractivity contribution in [3.8, 4) is 0 Å². The standard InChI is InChI=1S/C19H21N5O/c1-2-23-13-20-22-18(23)11-14-9-10-24(12-14)19(25)17-8-7-15-5-3-4-6-16(15)21-17/h3-8,13-14H,2,9-12H2,1H3. The van der Waals surface area contributed by atoms with Crippen LogP contribution in [0.4, 0.5) is 0 Å². The second-order valence-electron chi connectivity index (χ2n) is 6.53. The van der Waals surface area contributed by atoms with E-state index in [0.29, 0.717) is 11.6 Å². The zero-order valence-electron chi connectivity index (χ0n) is 14.3. The van der Waals surface area contributed by atoms with Crippen molar-refractivity contribution >= 4 is 16.8 Å². The first-order valence-electron chi connectivity index (χ1n) is 8.76. The zero-order valence-corrected chi connectivity index (χ0v) is 14.3. The lowest BCUT2D eigenvalue weighted by Crippen LogP contribution is -2.29. The highest BCUT2D eigenvalue weighted by Crippen LogP contribution is 2.22. The number of pyridine rings is 1. The number of aryl methyl sites for hydroxylation is 1. The maximum atomic E-state index is 12.8. The van der Waals surface area contributed by atoms with Crippen LogP contribution in [0.1, 0.15) is 29.7 Å². The highest BCUT2D eigenvalue weighted by Gasteiger charge is 2.28. The molecule has 1 aliphatic heterocycles. The molecule has 128 valence electrons. The molecule has 0 N–H and O–H groups in total. The first-order chi connectivity index (χ1) is 12.2. The van der Waals surface area contributed by atoms with Crippen molar-refractivity contribution in [2.75, 3.05) is 13.1 Å². The number of carbonyl (C=O) groups excluding carboxylic acids is 1. The molecule has 0 saturated carbocycles. The van der Waals surface area contributed by atoms with E-state index in [9.17, 15) is 4.79 Å². The van der Waals surface area contributed by atoms with E-state index in [-0.39, 0.29) is 5.91 Å². The average Bonchev–Trinajstić information content (AvgIpc) is 3.30. The summed E-state index contributed by atoms with van der Waals surface area (Å²) in [7, 11) is 0. The van der Waals surface area contributed by atoms with Gasteiger partial charge in [-0.1, -0.05) is 24.3 Å². The molecule has 1 fully saturated rings. The van der Waals surface area contributed by atoms with Gasteiger partial charge < -0.3 is 9.47 Å². The number of benzene rings is 1. The van der Waals surface area contributed by atoms with Gasteiger partial charge in [-0.05, 0) is 31.4 Å². The lowest BCUT2D eigenvalue weighted by atomic mass is 10.0. The van der Waals surface area contributed by atoms with Crippen LogP contribution in [0, 0.1) is 5.92 Å². The predicted molar refractivity (Wildman–Crippen MR) is 95.2 cm³/mol. The van der Waals surface area contributed by atoms with Gasteiger partial charge in [0, 0.05) is 31.4 Å². The number of likely N-dealkylation sites (tertiary alicyclic amines) is 1. The Kier molecular flexibility index (Phi) is 4.17. The molecule has 2 aromatic heterocycles. The summed E-state index contributed by atoms with van der Waals surface area (Å²) in [4.78, 5) is 19.2. The molecule has 6 nitrogen and oxygen atoms in total. The minimum absolute atomic E-state index is 0.0187. The van der Waals surface area contributed by atoms with Gasteiger partial charge >= 0.3 is 0 Å². The van der Waals surface area contributed by atoms with Crippen molar-refractivity contribution in [2.24, 2.45) is 5.92 Å². The zero-order chi connectivity index (χ0) is 17.2. The fraction of sp³-hybridized carbons (Fsp3) is 0.368. The van der Waals surface area contributed by atoms with Gasteiger partial charge in [-0.2, -0.15) is 0 Å². The van der Waals surface area contributed by atoms with E-state index in [1.807, 2.05) is 41.3 Å². The van der Waals surface area contributed by atoms with Gasteiger partial charge in [-0.25, -0.2) is 4.98 Å². The Morgan fingerprint density at radius 3 is 3.00 bits per heavy atom. The van der Waals surface area contributed by atoms with Gasteiger partial charge in [0.2, 0.25) is 0 Å². The van der Waals surface area contributed by atoms with E-state index in [1.54, 1.807) is 6.33 Å². The average molecular weight is 335 g/mol. The molecule has 6 heteroatoms. The quantitative estimate of drug-likeness (QED) is 0.735. The first-order valence-corrected chi connectivity index (χ1v) is 8.76. The minimum Gasteiger partial charge on any atom is -0.337 e. The largest absolute Gasteiger partial charge is 0.337 e. The number of hydrogen-bond acceptors (Lipinski definition) is 4. The van der Waals surface area contributed by atoms with E-state index in [4.69, 9.17) is 0 Å². The van der Waals surface area contributed by atoms with Crippen molar-refractivity contribution < 1.29 is 4.79 Å². The Labute approximate surface area is 146 Å². The number of carbonyl (C=O) groups is 1. The lowest BCUT2D eigenvalue weighted by molar-refractivity contribution is 0.0781. The number of hydrogen-bond donors (Lipinski definition) is 0. The maximum Gasteiger partial charge on any atom is 0.272 e. The third kappa shape index (κ3) is 3.12. The molecule has 0 aliphatic carbocycles. The van der Waals surface area contributed by atoms with E-state index >= 15 is 0 Å². The molecule has 1 atom stereocenters. The Balaban J connectivity index is 1.46. The normalized spacial score (nSPS) is 17.3. The summed E-state index contributed by atoms with van der Waals surface area (Å²) in [5.74, 6) is 1.45. The molecule has 4 rings (SSSR count). The van der Waals surface area contributed by atoms with E-state index < -0.39 is 0 Å². The summed E-state index contributed by atoms with van der Waals surface area (Å²) >= 11 is 0. The third-order valence-corrected chi connectivity index (χ3v) is 4.90. The number of nitrogens with zero attached hydrogens (tertiary/aromatic N) is 5. The Bertz CT molecular complexity index is 903. The number of amides is 1.